The zero-order valence-electron chi connectivity index (χ0n) is 12.9. The summed E-state index contributed by atoms with van der Waals surface area (Å²) in [5, 5.41) is 4.21. The Kier molecular flexibility index (Phi) is 4.64. The zero-order valence-corrected chi connectivity index (χ0v) is 12.9. The monoisotopic (exact) mass is 291 g/mol. The van der Waals surface area contributed by atoms with Gasteiger partial charge in [0.2, 0.25) is 0 Å². The van der Waals surface area contributed by atoms with Gasteiger partial charge in [-0.05, 0) is 36.8 Å². The van der Waals surface area contributed by atoms with Gasteiger partial charge in [-0.1, -0.05) is 60.2 Å². The van der Waals surface area contributed by atoms with Gasteiger partial charge < -0.3 is 0 Å². The number of nitrogens with zero attached hydrogens (tertiary/aromatic N) is 3. The molecule has 0 amide bonds. The Morgan fingerprint density at radius 1 is 1.00 bits per heavy atom. The number of hydrogen-bond acceptors (Lipinski definition) is 2. The lowest BCUT2D eigenvalue weighted by atomic mass is 9.89. The average molecular weight is 291 g/mol. The van der Waals surface area contributed by atoms with Crippen LogP contribution >= 0.6 is 0 Å². The predicted octanol–water partition coefficient (Wildman–Crippen LogP) is 4.00. The maximum absolute atomic E-state index is 4.21. The third-order valence-electron chi connectivity index (χ3n) is 4.05. The van der Waals surface area contributed by atoms with Gasteiger partial charge in [0.25, 0.3) is 0 Å². The number of benzene rings is 2. The molecule has 0 N–H and O–H groups in total. The summed E-state index contributed by atoms with van der Waals surface area (Å²) in [7, 11) is 0. The second kappa shape index (κ2) is 7.03. The van der Waals surface area contributed by atoms with Gasteiger partial charge in [0.15, 0.2) is 0 Å². The lowest BCUT2D eigenvalue weighted by Gasteiger charge is -2.18. The van der Waals surface area contributed by atoms with Crippen molar-refractivity contribution in [2.45, 2.75) is 32.2 Å². The minimum Gasteiger partial charge on any atom is -0.253 e. The molecule has 0 radical (unpaired) electrons. The van der Waals surface area contributed by atoms with E-state index in [-0.39, 0.29) is 0 Å². The van der Waals surface area contributed by atoms with Crippen LogP contribution in [0.5, 0.6) is 0 Å². The van der Waals surface area contributed by atoms with Crippen LogP contribution < -0.4 is 0 Å². The van der Waals surface area contributed by atoms with Crippen molar-refractivity contribution in [1.82, 2.24) is 14.8 Å². The Morgan fingerprint density at radius 3 is 2.45 bits per heavy atom. The summed E-state index contributed by atoms with van der Waals surface area (Å²) < 4.78 is 1.91. The van der Waals surface area contributed by atoms with E-state index in [0.29, 0.717) is 5.92 Å². The van der Waals surface area contributed by atoms with Gasteiger partial charge in [0.05, 0.1) is 0 Å². The molecule has 1 atom stereocenters. The van der Waals surface area contributed by atoms with E-state index >= 15 is 0 Å². The summed E-state index contributed by atoms with van der Waals surface area (Å²) in [5.41, 5.74) is 4.08. The second-order valence-electron chi connectivity index (χ2n) is 5.74. The lowest BCUT2D eigenvalue weighted by molar-refractivity contribution is 0.510. The minimum atomic E-state index is 0.493. The normalized spacial score (nSPS) is 12.2. The van der Waals surface area contributed by atoms with Crippen molar-refractivity contribution in [2.24, 2.45) is 0 Å². The van der Waals surface area contributed by atoms with Gasteiger partial charge in [-0.3, -0.25) is 4.68 Å². The molecule has 0 fully saturated rings. The molecule has 0 aliphatic heterocycles. The molecule has 0 bridgehead atoms. The molecule has 0 saturated carbocycles. The van der Waals surface area contributed by atoms with Gasteiger partial charge in [-0.15, -0.1) is 0 Å². The van der Waals surface area contributed by atoms with Gasteiger partial charge in [0, 0.05) is 6.54 Å². The van der Waals surface area contributed by atoms with Crippen LogP contribution in [0.3, 0.4) is 0 Å². The Balaban J connectivity index is 1.76. The van der Waals surface area contributed by atoms with Crippen molar-refractivity contribution >= 4 is 0 Å². The quantitative estimate of drug-likeness (QED) is 0.687. The van der Waals surface area contributed by atoms with E-state index in [2.05, 4.69) is 71.6 Å². The van der Waals surface area contributed by atoms with E-state index in [1.54, 1.807) is 12.7 Å². The third kappa shape index (κ3) is 3.82. The van der Waals surface area contributed by atoms with Crippen LogP contribution in [-0.2, 0) is 13.0 Å². The molecule has 3 nitrogen and oxygen atoms in total. The summed E-state index contributed by atoms with van der Waals surface area (Å²) >= 11 is 0. The standard InChI is InChI=1S/C19H21N3/c1-16-7-9-18(10-8-16)19(11-12-22-15-20-14-21-22)13-17-5-3-2-4-6-17/h2-10,14-15,19H,11-13H2,1H3/t19-/m0/s1. The largest absolute Gasteiger partial charge is 0.253 e. The number of aryl methyl sites for hydroxylation is 2. The van der Waals surface area contributed by atoms with Crippen LogP contribution in [-0.4, -0.2) is 14.8 Å². The second-order valence-corrected chi connectivity index (χ2v) is 5.74. The van der Waals surface area contributed by atoms with Crippen LogP contribution in [0.4, 0.5) is 0 Å². The Bertz CT molecular complexity index is 672. The molecule has 22 heavy (non-hydrogen) atoms. The molecule has 1 heterocycles. The Hall–Kier alpha value is -2.42. The van der Waals surface area contributed by atoms with Gasteiger partial charge in [0.1, 0.15) is 12.7 Å². The minimum absolute atomic E-state index is 0.493. The van der Waals surface area contributed by atoms with Crippen molar-refractivity contribution in [3.63, 3.8) is 0 Å². The van der Waals surface area contributed by atoms with Crippen molar-refractivity contribution < 1.29 is 0 Å². The number of aromatic nitrogens is 3. The molecule has 0 aliphatic rings. The third-order valence-corrected chi connectivity index (χ3v) is 4.05. The highest BCUT2D eigenvalue weighted by Gasteiger charge is 2.13. The summed E-state index contributed by atoms with van der Waals surface area (Å²) in [4.78, 5) is 4.02. The van der Waals surface area contributed by atoms with Crippen LogP contribution in [0.2, 0.25) is 0 Å². The smallest absolute Gasteiger partial charge is 0.137 e. The number of hydrogen-bond donors (Lipinski definition) is 0. The fourth-order valence-electron chi connectivity index (χ4n) is 2.76. The highest BCUT2D eigenvalue weighted by atomic mass is 15.3. The predicted molar refractivity (Wildman–Crippen MR) is 88.7 cm³/mol. The first-order valence-electron chi connectivity index (χ1n) is 7.74. The fourth-order valence-corrected chi connectivity index (χ4v) is 2.76. The highest BCUT2D eigenvalue weighted by molar-refractivity contribution is 5.27. The fraction of sp³-hybridized carbons (Fsp3) is 0.263. The molecule has 3 rings (SSSR count). The van der Waals surface area contributed by atoms with E-state index in [4.69, 9.17) is 0 Å². The molecular formula is C19H21N3. The Morgan fingerprint density at radius 2 is 1.77 bits per heavy atom. The van der Waals surface area contributed by atoms with Crippen molar-refractivity contribution in [3.8, 4) is 0 Å². The molecule has 3 aromatic rings. The van der Waals surface area contributed by atoms with Gasteiger partial charge >= 0.3 is 0 Å². The van der Waals surface area contributed by atoms with Gasteiger partial charge in [-0.25, -0.2) is 4.98 Å². The van der Waals surface area contributed by atoms with E-state index in [0.717, 1.165) is 19.4 Å². The molecule has 1 aromatic heterocycles. The SMILES string of the molecule is Cc1ccc([C@@H](CCn2cncn2)Cc2ccccc2)cc1. The highest BCUT2D eigenvalue weighted by Crippen LogP contribution is 2.25. The molecular weight excluding hydrogens is 270 g/mol. The topological polar surface area (TPSA) is 30.7 Å². The molecule has 0 unspecified atom stereocenters. The molecule has 0 aliphatic carbocycles. The van der Waals surface area contributed by atoms with Crippen LogP contribution in [0.1, 0.15) is 29.0 Å². The average Bonchev–Trinajstić information content (AvgIpc) is 3.07. The van der Waals surface area contributed by atoms with E-state index in [9.17, 15) is 0 Å². The van der Waals surface area contributed by atoms with E-state index in [1.807, 2.05) is 4.68 Å². The first-order chi connectivity index (χ1) is 10.8. The Labute approximate surface area is 131 Å². The maximum Gasteiger partial charge on any atom is 0.137 e. The first kappa shape index (κ1) is 14.5. The molecule has 0 spiro atoms. The first-order valence-corrected chi connectivity index (χ1v) is 7.74. The number of rotatable bonds is 6. The summed E-state index contributed by atoms with van der Waals surface area (Å²) in [6, 6.07) is 19.6. The van der Waals surface area contributed by atoms with Crippen molar-refractivity contribution in [1.29, 1.82) is 0 Å². The van der Waals surface area contributed by atoms with E-state index in [1.165, 1.54) is 16.7 Å². The maximum atomic E-state index is 4.21. The summed E-state index contributed by atoms with van der Waals surface area (Å²) in [5.74, 6) is 0.493. The molecule has 0 saturated heterocycles. The summed E-state index contributed by atoms with van der Waals surface area (Å²) in [6.45, 7) is 3.02. The van der Waals surface area contributed by atoms with Crippen molar-refractivity contribution in [2.75, 3.05) is 0 Å². The van der Waals surface area contributed by atoms with Crippen LogP contribution in [0.25, 0.3) is 0 Å². The zero-order chi connectivity index (χ0) is 15.2. The van der Waals surface area contributed by atoms with Crippen LogP contribution in [0, 0.1) is 6.92 Å². The summed E-state index contributed by atoms with van der Waals surface area (Å²) in [6.07, 6.45) is 5.49. The van der Waals surface area contributed by atoms with Crippen molar-refractivity contribution in [3.05, 3.63) is 83.9 Å². The molecule has 2 aromatic carbocycles. The van der Waals surface area contributed by atoms with E-state index < -0.39 is 0 Å². The van der Waals surface area contributed by atoms with Gasteiger partial charge in [-0.2, -0.15) is 5.10 Å². The van der Waals surface area contributed by atoms with Crippen LogP contribution in [0.15, 0.2) is 67.3 Å². The lowest BCUT2D eigenvalue weighted by Crippen LogP contribution is -2.08. The molecule has 112 valence electrons. The molecule has 3 heteroatoms.